The van der Waals surface area contributed by atoms with Gasteiger partial charge in [-0.1, -0.05) is 223 Å². The first-order valence-corrected chi connectivity index (χ1v) is 24.0. The van der Waals surface area contributed by atoms with Crippen molar-refractivity contribution in [2.24, 2.45) is 0 Å². The highest BCUT2D eigenvalue weighted by molar-refractivity contribution is 7.24. The number of unbranched alkanes of at least 4 members (excludes halogenated alkanes) is 26. The molecule has 2 heterocycles. The van der Waals surface area contributed by atoms with E-state index in [0.29, 0.717) is 0 Å². The van der Waals surface area contributed by atoms with Crippen molar-refractivity contribution in [3.05, 3.63) is 58.0 Å². The van der Waals surface area contributed by atoms with E-state index in [1.807, 2.05) is 0 Å². The zero-order valence-electron chi connectivity index (χ0n) is 34.0. The average Bonchev–Trinajstić information content (AvgIpc) is 3.80. The number of rotatable bonds is 31. The molecular formula is C49H78S2. The van der Waals surface area contributed by atoms with Gasteiger partial charge in [0, 0.05) is 24.9 Å². The summed E-state index contributed by atoms with van der Waals surface area (Å²) in [5.41, 5.74) is 6.36. The lowest BCUT2D eigenvalue weighted by Gasteiger charge is -2.31. The normalized spacial score (nSPS) is 13.3. The van der Waals surface area contributed by atoms with Gasteiger partial charge < -0.3 is 0 Å². The molecule has 0 fully saturated rings. The van der Waals surface area contributed by atoms with Crippen LogP contribution in [-0.2, 0) is 5.41 Å². The van der Waals surface area contributed by atoms with Gasteiger partial charge >= 0.3 is 0 Å². The molecule has 4 rings (SSSR count). The fourth-order valence-corrected chi connectivity index (χ4v) is 11.4. The van der Waals surface area contributed by atoms with Crippen LogP contribution in [0.5, 0.6) is 0 Å². The summed E-state index contributed by atoms with van der Waals surface area (Å²) in [5.74, 6) is 0. The van der Waals surface area contributed by atoms with Crippen molar-refractivity contribution in [3.8, 4) is 20.2 Å². The van der Waals surface area contributed by atoms with Gasteiger partial charge in [-0.3, -0.25) is 0 Å². The predicted molar refractivity (Wildman–Crippen MR) is 233 cm³/mol. The van der Waals surface area contributed by atoms with Crippen molar-refractivity contribution in [2.75, 3.05) is 0 Å². The molecule has 1 aliphatic carbocycles. The Kier molecular flexibility index (Phi) is 20.6. The highest BCUT2D eigenvalue weighted by atomic mass is 32.1. The van der Waals surface area contributed by atoms with Crippen LogP contribution < -0.4 is 0 Å². The van der Waals surface area contributed by atoms with Gasteiger partial charge in [-0.05, 0) is 55.5 Å². The molecule has 51 heavy (non-hydrogen) atoms. The van der Waals surface area contributed by atoms with E-state index in [9.17, 15) is 0 Å². The molecule has 0 nitrogen and oxygen atoms in total. The second-order valence-electron chi connectivity index (χ2n) is 16.6. The van der Waals surface area contributed by atoms with Crippen molar-refractivity contribution in [1.29, 1.82) is 0 Å². The second kappa shape index (κ2) is 24.8. The van der Waals surface area contributed by atoms with E-state index in [0.717, 1.165) is 0 Å². The van der Waals surface area contributed by atoms with Gasteiger partial charge in [-0.25, -0.2) is 0 Å². The first kappa shape index (κ1) is 42.4. The molecule has 0 aliphatic heterocycles. The van der Waals surface area contributed by atoms with Gasteiger partial charge in [0.1, 0.15) is 0 Å². The Morgan fingerprint density at radius 3 is 1.18 bits per heavy atom. The van der Waals surface area contributed by atoms with Crippen molar-refractivity contribution in [2.45, 2.75) is 226 Å². The van der Waals surface area contributed by atoms with E-state index >= 15 is 0 Å². The van der Waals surface area contributed by atoms with Crippen LogP contribution in [0.15, 0.2) is 36.4 Å². The molecule has 0 spiro atoms. The molecule has 0 bridgehead atoms. The largest absolute Gasteiger partial charge is 0.139 e. The zero-order valence-corrected chi connectivity index (χ0v) is 35.6. The van der Waals surface area contributed by atoms with Crippen molar-refractivity contribution in [1.82, 2.24) is 0 Å². The summed E-state index contributed by atoms with van der Waals surface area (Å²) in [5, 5.41) is 0. The van der Waals surface area contributed by atoms with E-state index in [1.165, 1.54) is 214 Å². The van der Waals surface area contributed by atoms with E-state index in [1.54, 1.807) is 20.9 Å². The van der Waals surface area contributed by atoms with Gasteiger partial charge in [-0.2, -0.15) is 0 Å². The van der Waals surface area contributed by atoms with E-state index in [4.69, 9.17) is 0 Å². The van der Waals surface area contributed by atoms with E-state index in [-0.39, 0.29) is 5.41 Å². The Morgan fingerprint density at radius 1 is 0.412 bits per heavy atom. The molecule has 0 unspecified atom stereocenters. The number of hydrogen-bond donors (Lipinski definition) is 0. The highest BCUT2D eigenvalue weighted by Crippen LogP contribution is 2.60. The van der Waals surface area contributed by atoms with Gasteiger partial charge in [-0.15, -0.1) is 22.7 Å². The molecule has 3 aromatic rings. The van der Waals surface area contributed by atoms with Crippen LogP contribution in [0.4, 0.5) is 0 Å². The first-order valence-electron chi connectivity index (χ1n) is 22.4. The van der Waals surface area contributed by atoms with Crippen LogP contribution in [0.2, 0.25) is 0 Å². The minimum Gasteiger partial charge on any atom is -0.139 e. The topological polar surface area (TPSA) is 0 Å². The zero-order chi connectivity index (χ0) is 36.0. The summed E-state index contributed by atoms with van der Waals surface area (Å²) in [6.07, 6.45) is 42.8. The molecule has 2 heteroatoms. The molecule has 0 saturated heterocycles. The summed E-state index contributed by atoms with van der Waals surface area (Å²) in [6.45, 7) is 9.18. The molecular weight excluding hydrogens is 653 g/mol. The van der Waals surface area contributed by atoms with E-state index in [2.05, 4.69) is 86.8 Å². The summed E-state index contributed by atoms with van der Waals surface area (Å²) >= 11 is 4.14. The maximum absolute atomic E-state index is 2.64. The average molecular weight is 731 g/mol. The molecule has 0 radical (unpaired) electrons. The van der Waals surface area contributed by atoms with Crippen LogP contribution in [0.1, 0.15) is 228 Å². The lowest BCUT2D eigenvalue weighted by molar-refractivity contribution is 0.397. The molecule has 0 N–H and O–H groups in total. The van der Waals surface area contributed by atoms with E-state index < -0.39 is 0 Å². The van der Waals surface area contributed by atoms with Crippen LogP contribution in [-0.4, -0.2) is 0 Å². The summed E-state index contributed by atoms with van der Waals surface area (Å²) in [4.78, 5) is 6.20. The Hall–Kier alpha value is -1.38. The molecule has 2 aromatic heterocycles. The smallest absolute Gasteiger partial charge is 0.0493 e. The van der Waals surface area contributed by atoms with Crippen LogP contribution in [0.3, 0.4) is 0 Å². The van der Waals surface area contributed by atoms with Crippen LogP contribution in [0.25, 0.3) is 20.2 Å². The third-order valence-corrected chi connectivity index (χ3v) is 14.5. The fraction of sp³-hybridized carbons (Fsp3) is 0.714. The first-order chi connectivity index (χ1) is 25.1. The Bertz CT molecular complexity index is 1270. The van der Waals surface area contributed by atoms with Gasteiger partial charge in [0.25, 0.3) is 0 Å². The van der Waals surface area contributed by atoms with Gasteiger partial charge in [0.15, 0.2) is 0 Å². The van der Waals surface area contributed by atoms with Crippen molar-refractivity contribution < 1.29 is 0 Å². The van der Waals surface area contributed by atoms with Crippen LogP contribution >= 0.6 is 22.7 Å². The summed E-state index contributed by atoms with van der Waals surface area (Å²) < 4.78 is 0. The SMILES string of the molecule is CCCCCCCCCCCCCCCCC1(CCCCCCCCCCCCCCCC)c2cc(C)sc2-c2sc(-c3ccc(C)cc3)cc21. The molecule has 286 valence electrons. The molecule has 0 atom stereocenters. The maximum Gasteiger partial charge on any atom is 0.0493 e. The lowest BCUT2D eigenvalue weighted by Crippen LogP contribution is -2.25. The maximum atomic E-state index is 2.64. The number of aryl methyl sites for hydroxylation is 2. The molecule has 0 amide bonds. The lowest BCUT2D eigenvalue weighted by atomic mass is 9.71. The summed E-state index contributed by atoms with van der Waals surface area (Å²) in [6, 6.07) is 14.5. The van der Waals surface area contributed by atoms with Gasteiger partial charge in [0.2, 0.25) is 0 Å². The van der Waals surface area contributed by atoms with Gasteiger partial charge in [0.05, 0.1) is 0 Å². The minimum atomic E-state index is 0.225. The minimum absolute atomic E-state index is 0.225. The monoisotopic (exact) mass is 731 g/mol. The highest BCUT2D eigenvalue weighted by Gasteiger charge is 2.45. The number of benzene rings is 1. The third-order valence-electron chi connectivity index (χ3n) is 12.1. The number of thiophene rings is 2. The standard InChI is InChI=1S/C49H78S2/c1-5-7-9-11-13-15-17-19-21-23-25-27-29-31-37-49(38-32-30-28-26-24-22-20-18-16-14-12-10-8-6-2)44-39-42(4)50-47(44)48-45(49)40-46(51-48)43-35-33-41(3)34-36-43/h33-36,39-40H,5-32,37-38H2,1-4H3. The quantitative estimate of drug-likeness (QED) is 0.0578. The van der Waals surface area contributed by atoms with Crippen molar-refractivity contribution in [3.63, 3.8) is 0 Å². The molecule has 1 aromatic carbocycles. The second-order valence-corrected chi connectivity index (χ2v) is 18.9. The Balaban J connectivity index is 1.26. The molecule has 1 aliphatic rings. The number of hydrogen-bond acceptors (Lipinski definition) is 2. The summed E-state index contributed by atoms with van der Waals surface area (Å²) in [7, 11) is 0. The number of fused-ring (bicyclic) bond motifs is 3. The Morgan fingerprint density at radius 2 is 0.765 bits per heavy atom. The van der Waals surface area contributed by atoms with Crippen molar-refractivity contribution >= 4 is 22.7 Å². The Labute approximate surface area is 325 Å². The fourth-order valence-electron chi connectivity index (χ4n) is 8.87. The van der Waals surface area contributed by atoms with Crippen LogP contribution in [0, 0.1) is 13.8 Å². The third kappa shape index (κ3) is 14.1. The molecule has 0 saturated carbocycles. The predicted octanol–water partition coefficient (Wildman–Crippen LogP) is 18.1.